The van der Waals surface area contributed by atoms with Crippen molar-refractivity contribution < 1.29 is 0 Å². The number of hydrogen-bond acceptors (Lipinski definition) is 2. The minimum Gasteiger partial charge on any atom is -0.311 e. The summed E-state index contributed by atoms with van der Waals surface area (Å²) in [6.45, 7) is 11.9. The maximum absolute atomic E-state index is 3.81. The number of rotatable bonds is 6. The van der Waals surface area contributed by atoms with Gasteiger partial charge in [0.25, 0.3) is 0 Å². The van der Waals surface area contributed by atoms with Gasteiger partial charge in [-0.05, 0) is 43.9 Å². The normalized spacial score (nSPS) is 30.3. The average molecular weight is 252 g/mol. The van der Waals surface area contributed by atoms with E-state index >= 15 is 0 Å². The first-order valence-corrected chi connectivity index (χ1v) is 8.14. The molecule has 2 unspecified atom stereocenters. The molecule has 2 rings (SSSR count). The first-order valence-electron chi connectivity index (χ1n) is 8.14. The predicted molar refractivity (Wildman–Crippen MR) is 78.8 cm³/mol. The summed E-state index contributed by atoms with van der Waals surface area (Å²) in [5, 5.41) is 3.81. The summed E-state index contributed by atoms with van der Waals surface area (Å²) in [5.74, 6) is 1.81. The maximum atomic E-state index is 3.81. The van der Waals surface area contributed by atoms with E-state index in [-0.39, 0.29) is 0 Å². The van der Waals surface area contributed by atoms with Crippen LogP contribution in [-0.4, -0.2) is 36.1 Å². The second-order valence-electron chi connectivity index (χ2n) is 6.81. The highest BCUT2D eigenvalue weighted by atomic mass is 15.3. The quantitative estimate of drug-likeness (QED) is 0.780. The fourth-order valence-corrected chi connectivity index (χ4v) is 3.68. The van der Waals surface area contributed by atoms with Gasteiger partial charge in [-0.2, -0.15) is 0 Å². The predicted octanol–water partition coefficient (Wildman–Crippen LogP) is 3.27. The molecule has 0 aromatic carbocycles. The molecule has 2 nitrogen and oxygen atoms in total. The van der Waals surface area contributed by atoms with Crippen molar-refractivity contribution in [2.24, 2.45) is 11.8 Å². The lowest BCUT2D eigenvalue weighted by atomic mass is 9.95. The molecule has 0 radical (unpaired) electrons. The van der Waals surface area contributed by atoms with Gasteiger partial charge in [0.05, 0.1) is 0 Å². The van der Waals surface area contributed by atoms with E-state index in [1.807, 2.05) is 0 Å². The van der Waals surface area contributed by atoms with Crippen LogP contribution < -0.4 is 5.32 Å². The minimum absolute atomic E-state index is 0.723. The Morgan fingerprint density at radius 3 is 2.33 bits per heavy atom. The van der Waals surface area contributed by atoms with Crippen LogP contribution in [0.1, 0.15) is 59.8 Å². The Morgan fingerprint density at radius 1 is 1.17 bits per heavy atom. The molecule has 2 heteroatoms. The summed E-state index contributed by atoms with van der Waals surface area (Å²) >= 11 is 0. The van der Waals surface area contributed by atoms with Crippen LogP contribution in [0.15, 0.2) is 0 Å². The first-order chi connectivity index (χ1) is 8.65. The van der Waals surface area contributed by atoms with Crippen molar-refractivity contribution in [3.8, 4) is 0 Å². The molecule has 0 bridgehead atoms. The molecular weight excluding hydrogens is 220 g/mol. The lowest BCUT2D eigenvalue weighted by Gasteiger charge is -2.45. The van der Waals surface area contributed by atoms with Crippen molar-refractivity contribution in [1.82, 2.24) is 10.2 Å². The van der Waals surface area contributed by atoms with E-state index in [1.54, 1.807) is 0 Å². The molecule has 1 saturated heterocycles. The topological polar surface area (TPSA) is 15.3 Å². The Balaban J connectivity index is 1.98. The molecule has 106 valence electrons. The van der Waals surface area contributed by atoms with Gasteiger partial charge in [0.2, 0.25) is 0 Å². The van der Waals surface area contributed by atoms with E-state index in [0.717, 1.165) is 30.0 Å². The van der Waals surface area contributed by atoms with Crippen LogP contribution in [0.4, 0.5) is 0 Å². The Bertz CT molecular complexity index is 243. The molecule has 0 aromatic heterocycles. The van der Waals surface area contributed by atoms with E-state index < -0.39 is 0 Å². The van der Waals surface area contributed by atoms with Gasteiger partial charge in [-0.15, -0.1) is 0 Å². The van der Waals surface area contributed by atoms with Crippen molar-refractivity contribution in [2.45, 2.75) is 77.9 Å². The SMILES string of the molecule is CCC(CC)N1CC(CC(C)C)NCC1C1CC1. The summed E-state index contributed by atoms with van der Waals surface area (Å²) in [6.07, 6.45) is 6.89. The van der Waals surface area contributed by atoms with Crippen molar-refractivity contribution >= 4 is 0 Å². The average Bonchev–Trinajstić information content (AvgIpc) is 3.14. The summed E-state index contributed by atoms with van der Waals surface area (Å²) in [5.41, 5.74) is 0. The molecule has 0 aromatic rings. The number of piperazine rings is 1. The lowest BCUT2D eigenvalue weighted by Crippen LogP contribution is -2.60. The Morgan fingerprint density at radius 2 is 1.83 bits per heavy atom. The largest absolute Gasteiger partial charge is 0.311 e. The van der Waals surface area contributed by atoms with E-state index in [2.05, 4.69) is 37.9 Å². The second kappa shape index (κ2) is 6.38. The van der Waals surface area contributed by atoms with Crippen LogP contribution in [0.25, 0.3) is 0 Å². The first kappa shape index (κ1) is 14.3. The van der Waals surface area contributed by atoms with E-state index in [0.29, 0.717) is 0 Å². The van der Waals surface area contributed by atoms with Gasteiger partial charge in [-0.25, -0.2) is 0 Å². The van der Waals surface area contributed by atoms with Crippen molar-refractivity contribution in [1.29, 1.82) is 0 Å². The highest BCUT2D eigenvalue weighted by Crippen LogP contribution is 2.38. The number of nitrogens with one attached hydrogen (secondary N) is 1. The van der Waals surface area contributed by atoms with Gasteiger partial charge in [0.1, 0.15) is 0 Å². The monoisotopic (exact) mass is 252 g/mol. The van der Waals surface area contributed by atoms with Gasteiger partial charge in [-0.1, -0.05) is 27.7 Å². The van der Waals surface area contributed by atoms with Crippen LogP contribution in [0.5, 0.6) is 0 Å². The zero-order valence-corrected chi connectivity index (χ0v) is 12.8. The van der Waals surface area contributed by atoms with Crippen LogP contribution in [0.3, 0.4) is 0 Å². The van der Waals surface area contributed by atoms with Crippen LogP contribution in [-0.2, 0) is 0 Å². The summed E-state index contributed by atoms with van der Waals surface area (Å²) in [7, 11) is 0. The van der Waals surface area contributed by atoms with Gasteiger partial charge >= 0.3 is 0 Å². The Hall–Kier alpha value is -0.0800. The lowest BCUT2D eigenvalue weighted by molar-refractivity contribution is 0.0597. The molecule has 1 aliphatic heterocycles. The molecule has 2 aliphatic rings. The summed E-state index contributed by atoms with van der Waals surface area (Å²) in [6, 6.07) is 2.37. The minimum atomic E-state index is 0.723. The molecule has 2 atom stereocenters. The third-order valence-corrected chi connectivity index (χ3v) is 4.81. The molecule has 1 N–H and O–H groups in total. The second-order valence-corrected chi connectivity index (χ2v) is 6.81. The van der Waals surface area contributed by atoms with Gasteiger partial charge < -0.3 is 5.32 Å². The van der Waals surface area contributed by atoms with Crippen LogP contribution in [0.2, 0.25) is 0 Å². The fraction of sp³-hybridized carbons (Fsp3) is 1.00. The molecule has 2 fully saturated rings. The molecule has 18 heavy (non-hydrogen) atoms. The smallest absolute Gasteiger partial charge is 0.0252 e. The van der Waals surface area contributed by atoms with Gasteiger partial charge in [0.15, 0.2) is 0 Å². The van der Waals surface area contributed by atoms with E-state index in [1.165, 1.54) is 45.2 Å². The zero-order valence-electron chi connectivity index (χ0n) is 12.8. The summed E-state index contributed by atoms with van der Waals surface area (Å²) in [4.78, 5) is 2.86. The molecular formula is C16H32N2. The van der Waals surface area contributed by atoms with Crippen LogP contribution in [0, 0.1) is 11.8 Å². The van der Waals surface area contributed by atoms with Crippen molar-refractivity contribution in [2.75, 3.05) is 13.1 Å². The molecule has 1 saturated carbocycles. The van der Waals surface area contributed by atoms with E-state index in [9.17, 15) is 0 Å². The highest BCUT2D eigenvalue weighted by molar-refractivity contribution is 4.97. The summed E-state index contributed by atoms with van der Waals surface area (Å²) < 4.78 is 0. The zero-order chi connectivity index (χ0) is 13.1. The van der Waals surface area contributed by atoms with Gasteiger partial charge in [-0.3, -0.25) is 4.90 Å². The Labute approximate surface area is 114 Å². The molecule has 1 heterocycles. The highest BCUT2D eigenvalue weighted by Gasteiger charge is 2.40. The van der Waals surface area contributed by atoms with Crippen LogP contribution >= 0.6 is 0 Å². The van der Waals surface area contributed by atoms with Crippen molar-refractivity contribution in [3.63, 3.8) is 0 Å². The molecule has 0 amide bonds. The standard InChI is InChI=1S/C16H32N2/c1-5-15(6-2)18-11-14(9-12(3)4)17-10-16(18)13-7-8-13/h12-17H,5-11H2,1-4H3. The number of hydrogen-bond donors (Lipinski definition) is 1. The maximum Gasteiger partial charge on any atom is 0.0252 e. The number of nitrogens with zero attached hydrogens (tertiary/aromatic N) is 1. The molecule has 0 spiro atoms. The van der Waals surface area contributed by atoms with E-state index in [4.69, 9.17) is 0 Å². The van der Waals surface area contributed by atoms with Gasteiger partial charge in [0, 0.05) is 31.2 Å². The fourth-order valence-electron chi connectivity index (χ4n) is 3.68. The third-order valence-electron chi connectivity index (χ3n) is 4.81. The third kappa shape index (κ3) is 3.48. The Kier molecular flexibility index (Phi) is 5.08. The molecule has 1 aliphatic carbocycles. The van der Waals surface area contributed by atoms with Crippen molar-refractivity contribution in [3.05, 3.63) is 0 Å².